The molecule has 0 unspecified atom stereocenters. The molecule has 0 aliphatic carbocycles. The Bertz CT molecular complexity index is 913. The Kier molecular flexibility index (Phi) is 6.26. The number of anilines is 1. The first-order chi connectivity index (χ1) is 13.8. The number of para-hydroxylation sites is 1. The first-order valence-corrected chi connectivity index (χ1v) is 9.44. The molecular weight excluding hydrogens is 375 g/mol. The normalized spacial score (nSPS) is 17.1. The molecule has 29 heavy (non-hydrogen) atoms. The molecule has 0 saturated carbocycles. The molecular formula is C22H23FN2O4. The highest BCUT2D eigenvalue weighted by molar-refractivity contribution is 5.99. The number of carbonyl (C=O) groups excluding carboxylic acids is 3. The summed E-state index contributed by atoms with van der Waals surface area (Å²) in [6.07, 6.45) is -1.07. The molecule has 6 nitrogen and oxygen atoms in total. The van der Waals surface area contributed by atoms with Gasteiger partial charge in [-0.2, -0.15) is 0 Å². The summed E-state index contributed by atoms with van der Waals surface area (Å²) < 4.78 is 19.2. The van der Waals surface area contributed by atoms with Crippen molar-refractivity contribution in [3.05, 3.63) is 65.5 Å². The van der Waals surface area contributed by atoms with E-state index >= 15 is 0 Å². The van der Waals surface area contributed by atoms with Crippen molar-refractivity contribution >= 4 is 23.5 Å². The van der Waals surface area contributed by atoms with Crippen LogP contribution in [-0.4, -0.2) is 30.4 Å². The largest absolute Gasteiger partial charge is 0.452 e. The van der Waals surface area contributed by atoms with Crippen LogP contribution in [0, 0.1) is 18.7 Å². The molecule has 1 heterocycles. The van der Waals surface area contributed by atoms with Gasteiger partial charge in [-0.15, -0.1) is 0 Å². The Morgan fingerprint density at radius 1 is 1.21 bits per heavy atom. The van der Waals surface area contributed by atoms with E-state index in [1.807, 2.05) is 31.2 Å². The van der Waals surface area contributed by atoms with Crippen LogP contribution in [0.5, 0.6) is 0 Å². The number of nitrogens with one attached hydrogen (secondary N) is 1. The van der Waals surface area contributed by atoms with Gasteiger partial charge in [-0.25, -0.2) is 4.39 Å². The van der Waals surface area contributed by atoms with Crippen molar-refractivity contribution in [2.24, 2.45) is 5.92 Å². The lowest BCUT2D eigenvalue weighted by Crippen LogP contribution is -2.37. The van der Waals surface area contributed by atoms with Crippen LogP contribution in [0.3, 0.4) is 0 Å². The lowest BCUT2D eigenvalue weighted by Gasteiger charge is -2.18. The van der Waals surface area contributed by atoms with Gasteiger partial charge >= 0.3 is 5.97 Å². The van der Waals surface area contributed by atoms with Crippen molar-refractivity contribution in [1.82, 2.24) is 5.32 Å². The second-order valence-electron chi connectivity index (χ2n) is 7.14. The monoisotopic (exact) mass is 398 g/mol. The predicted octanol–water partition coefficient (Wildman–Crippen LogP) is 2.74. The second-order valence-corrected chi connectivity index (χ2v) is 7.14. The zero-order valence-electron chi connectivity index (χ0n) is 16.4. The third-order valence-corrected chi connectivity index (χ3v) is 4.85. The summed E-state index contributed by atoms with van der Waals surface area (Å²) in [5.41, 5.74) is 2.19. The van der Waals surface area contributed by atoms with Crippen LogP contribution >= 0.6 is 0 Å². The van der Waals surface area contributed by atoms with Crippen LogP contribution in [-0.2, 0) is 25.7 Å². The maximum absolute atomic E-state index is 13.9. The lowest BCUT2D eigenvalue weighted by molar-refractivity contribution is -0.158. The molecule has 152 valence electrons. The SMILES string of the molecule is Cc1ccc(CNC(=O)[C@H](C)OC(=O)[C@@H]2CC(=O)N(c3ccccc3F)C2)cc1. The Morgan fingerprint density at radius 2 is 1.90 bits per heavy atom. The van der Waals surface area contributed by atoms with Gasteiger partial charge in [0.1, 0.15) is 5.82 Å². The minimum atomic E-state index is -0.995. The Morgan fingerprint density at radius 3 is 2.59 bits per heavy atom. The molecule has 2 aromatic rings. The first-order valence-electron chi connectivity index (χ1n) is 9.44. The van der Waals surface area contributed by atoms with E-state index < -0.39 is 29.7 Å². The maximum atomic E-state index is 13.9. The van der Waals surface area contributed by atoms with Gasteiger partial charge in [0.2, 0.25) is 5.91 Å². The Hall–Kier alpha value is -3.22. The number of halogens is 1. The summed E-state index contributed by atoms with van der Waals surface area (Å²) in [5, 5.41) is 2.72. The number of hydrogen-bond donors (Lipinski definition) is 1. The molecule has 1 aliphatic heterocycles. The molecule has 2 amide bonds. The van der Waals surface area contributed by atoms with E-state index in [0.717, 1.165) is 11.1 Å². The van der Waals surface area contributed by atoms with Crippen LogP contribution in [0.2, 0.25) is 0 Å². The molecule has 0 bridgehead atoms. The molecule has 0 aromatic heterocycles. The molecule has 1 saturated heterocycles. The molecule has 1 aliphatic rings. The number of nitrogens with zero attached hydrogens (tertiary/aromatic N) is 1. The van der Waals surface area contributed by atoms with Crippen molar-refractivity contribution in [2.75, 3.05) is 11.4 Å². The average Bonchev–Trinajstić information content (AvgIpc) is 3.09. The summed E-state index contributed by atoms with van der Waals surface area (Å²) in [6, 6.07) is 13.6. The fraction of sp³-hybridized carbons (Fsp3) is 0.318. The number of rotatable bonds is 6. The van der Waals surface area contributed by atoms with E-state index in [9.17, 15) is 18.8 Å². The zero-order chi connectivity index (χ0) is 21.0. The Balaban J connectivity index is 1.53. The van der Waals surface area contributed by atoms with Gasteiger partial charge in [0.25, 0.3) is 5.91 Å². The smallest absolute Gasteiger partial charge is 0.312 e. The standard InChI is InChI=1S/C22H23FN2O4/c1-14-7-9-16(10-8-14)12-24-21(27)15(2)29-22(28)17-11-20(26)25(13-17)19-6-4-3-5-18(19)23/h3-10,15,17H,11-13H2,1-2H3,(H,24,27)/t15-,17+/m0/s1. The third kappa shape index (κ3) is 4.99. The number of benzene rings is 2. The van der Waals surface area contributed by atoms with E-state index in [1.165, 1.54) is 30.0 Å². The van der Waals surface area contributed by atoms with Crippen LogP contribution < -0.4 is 10.2 Å². The van der Waals surface area contributed by atoms with Gasteiger partial charge < -0.3 is 15.0 Å². The highest BCUT2D eigenvalue weighted by Crippen LogP contribution is 2.28. The van der Waals surface area contributed by atoms with Crippen molar-refractivity contribution in [3.8, 4) is 0 Å². The lowest BCUT2D eigenvalue weighted by atomic mass is 10.1. The second kappa shape index (κ2) is 8.86. The van der Waals surface area contributed by atoms with Crippen LogP contribution in [0.25, 0.3) is 0 Å². The van der Waals surface area contributed by atoms with Crippen LogP contribution in [0.4, 0.5) is 10.1 Å². The molecule has 1 fully saturated rings. The number of amides is 2. The van der Waals surface area contributed by atoms with E-state index in [4.69, 9.17) is 4.74 Å². The topological polar surface area (TPSA) is 75.7 Å². The fourth-order valence-corrected chi connectivity index (χ4v) is 3.13. The molecule has 0 spiro atoms. The molecule has 3 rings (SSSR count). The van der Waals surface area contributed by atoms with E-state index in [-0.39, 0.29) is 24.6 Å². The minimum Gasteiger partial charge on any atom is -0.452 e. The zero-order valence-corrected chi connectivity index (χ0v) is 16.4. The Labute approximate surface area is 168 Å². The van der Waals surface area contributed by atoms with Gasteiger partial charge in [-0.3, -0.25) is 14.4 Å². The summed E-state index contributed by atoms with van der Waals surface area (Å²) in [4.78, 5) is 38.1. The minimum absolute atomic E-state index is 0.0241. The van der Waals surface area contributed by atoms with Crippen molar-refractivity contribution in [3.63, 3.8) is 0 Å². The summed E-state index contributed by atoms with van der Waals surface area (Å²) in [5.74, 6) is -2.69. The molecule has 0 radical (unpaired) electrons. The summed E-state index contributed by atoms with van der Waals surface area (Å²) in [6.45, 7) is 3.80. The van der Waals surface area contributed by atoms with Crippen molar-refractivity contribution < 1.29 is 23.5 Å². The van der Waals surface area contributed by atoms with Gasteiger partial charge in [0.05, 0.1) is 11.6 Å². The summed E-state index contributed by atoms with van der Waals surface area (Å²) in [7, 11) is 0. The number of aryl methyl sites for hydroxylation is 1. The van der Waals surface area contributed by atoms with E-state index in [2.05, 4.69) is 5.32 Å². The van der Waals surface area contributed by atoms with Gasteiger partial charge in [0.15, 0.2) is 6.10 Å². The highest BCUT2D eigenvalue weighted by atomic mass is 19.1. The van der Waals surface area contributed by atoms with E-state index in [0.29, 0.717) is 6.54 Å². The first kappa shape index (κ1) is 20.5. The van der Waals surface area contributed by atoms with E-state index in [1.54, 1.807) is 6.07 Å². The van der Waals surface area contributed by atoms with Gasteiger partial charge in [-0.05, 0) is 31.5 Å². The molecule has 1 N–H and O–H groups in total. The molecule has 2 aromatic carbocycles. The van der Waals surface area contributed by atoms with Crippen molar-refractivity contribution in [2.45, 2.75) is 32.9 Å². The number of carbonyl (C=O) groups is 3. The quantitative estimate of drug-likeness (QED) is 0.760. The van der Waals surface area contributed by atoms with Gasteiger partial charge in [0, 0.05) is 19.5 Å². The molecule has 2 atom stereocenters. The maximum Gasteiger partial charge on any atom is 0.312 e. The predicted molar refractivity (Wildman–Crippen MR) is 105 cm³/mol. The van der Waals surface area contributed by atoms with Gasteiger partial charge in [-0.1, -0.05) is 42.0 Å². The highest BCUT2D eigenvalue weighted by Gasteiger charge is 2.38. The van der Waals surface area contributed by atoms with Crippen LogP contribution in [0.15, 0.2) is 48.5 Å². The molecule has 7 heteroatoms. The summed E-state index contributed by atoms with van der Waals surface area (Å²) >= 11 is 0. The van der Waals surface area contributed by atoms with Crippen molar-refractivity contribution in [1.29, 1.82) is 0 Å². The van der Waals surface area contributed by atoms with Crippen LogP contribution in [0.1, 0.15) is 24.5 Å². The fourth-order valence-electron chi connectivity index (χ4n) is 3.13. The number of ether oxygens (including phenoxy) is 1. The average molecular weight is 398 g/mol. The number of hydrogen-bond acceptors (Lipinski definition) is 4. The third-order valence-electron chi connectivity index (χ3n) is 4.85. The number of esters is 1.